The molecule has 3 aromatic carbocycles. The molecule has 0 saturated carbocycles. The van der Waals surface area contributed by atoms with Crippen molar-refractivity contribution in [2.45, 2.75) is 53.6 Å². The van der Waals surface area contributed by atoms with Crippen LogP contribution in [0.2, 0.25) is 0 Å². The molecule has 0 radical (unpaired) electrons. The Morgan fingerprint density at radius 2 is 1.45 bits per heavy atom. The quantitative estimate of drug-likeness (QED) is 0.313. The van der Waals surface area contributed by atoms with Gasteiger partial charge in [0.1, 0.15) is 12.6 Å². The molecular weight excluding hydrogens is 548 g/mol. The van der Waals surface area contributed by atoms with Crippen LogP contribution < -0.4 is 9.62 Å². The van der Waals surface area contributed by atoms with E-state index in [1.54, 1.807) is 6.07 Å². The van der Waals surface area contributed by atoms with Crippen molar-refractivity contribution in [3.05, 3.63) is 101 Å². The largest absolute Gasteiger partial charge is 0.354 e. The highest BCUT2D eigenvalue weighted by atomic mass is 32.2. The number of nitrogens with one attached hydrogen (secondary N) is 1. The van der Waals surface area contributed by atoms with Crippen molar-refractivity contribution >= 4 is 27.7 Å². The molecule has 0 aliphatic heterocycles. The van der Waals surface area contributed by atoms with Crippen LogP contribution in [-0.4, -0.2) is 62.7 Å². The van der Waals surface area contributed by atoms with Crippen LogP contribution in [0.25, 0.3) is 0 Å². The van der Waals surface area contributed by atoms with Crippen molar-refractivity contribution in [3.8, 4) is 0 Å². The summed E-state index contributed by atoms with van der Waals surface area (Å²) < 4.78 is 29.5. The normalized spacial score (nSPS) is 12.3. The molecule has 8 nitrogen and oxygen atoms in total. The van der Waals surface area contributed by atoms with E-state index >= 15 is 0 Å². The lowest BCUT2D eigenvalue weighted by molar-refractivity contribution is -0.140. The Morgan fingerprint density at radius 3 is 2.05 bits per heavy atom. The highest BCUT2D eigenvalue weighted by molar-refractivity contribution is 7.90. The molecule has 0 bridgehead atoms. The maximum Gasteiger partial charge on any atom is 0.304 e. The Hall–Kier alpha value is -3.69. The number of benzene rings is 3. The minimum Gasteiger partial charge on any atom is -0.354 e. The minimum absolute atomic E-state index is 0.147. The molecule has 0 saturated heterocycles. The molecule has 1 N–H and O–H groups in total. The molecule has 0 fully saturated rings. The van der Waals surface area contributed by atoms with Crippen molar-refractivity contribution in [2.75, 3.05) is 31.5 Å². The standard InChI is InChI=1S/C33H44N4O4S/c1-24(2)21-34-33(39)31(20-28-11-9-8-10-12-28)36(22-29-17-14-25(3)15-18-29)32(38)23-37(42(40,41)35(6)7)30-19-26(4)13-16-27(30)5/h8-19,24,31H,20-23H2,1-7H3,(H,34,39)/t31-/m1/s1. The minimum atomic E-state index is -4.05. The van der Waals surface area contributed by atoms with E-state index in [1.807, 2.05) is 101 Å². The third-order valence-electron chi connectivity index (χ3n) is 7.08. The Labute approximate surface area is 251 Å². The lowest BCUT2D eigenvalue weighted by atomic mass is 10.0. The van der Waals surface area contributed by atoms with Gasteiger partial charge in [0.2, 0.25) is 11.8 Å². The van der Waals surface area contributed by atoms with Crippen LogP contribution in [0, 0.1) is 26.7 Å². The molecule has 42 heavy (non-hydrogen) atoms. The van der Waals surface area contributed by atoms with Crippen molar-refractivity contribution in [2.24, 2.45) is 5.92 Å². The number of hydrogen-bond acceptors (Lipinski definition) is 4. The zero-order valence-corrected chi connectivity index (χ0v) is 26.6. The number of nitrogens with zero attached hydrogens (tertiary/aromatic N) is 3. The summed E-state index contributed by atoms with van der Waals surface area (Å²) in [5.74, 6) is -0.526. The van der Waals surface area contributed by atoms with Gasteiger partial charge in [-0.3, -0.25) is 9.59 Å². The molecule has 1 atom stereocenters. The van der Waals surface area contributed by atoms with Gasteiger partial charge in [0, 0.05) is 33.6 Å². The van der Waals surface area contributed by atoms with Crippen LogP contribution in [0.1, 0.15) is 41.7 Å². The smallest absolute Gasteiger partial charge is 0.304 e. The second-order valence-corrected chi connectivity index (χ2v) is 13.5. The predicted octanol–water partition coefficient (Wildman–Crippen LogP) is 4.64. The first kappa shape index (κ1) is 32.8. The third-order valence-corrected chi connectivity index (χ3v) is 8.89. The summed E-state index contributed by atoms with van der Waals surface area (Å²) in [6.45, 7) is 9.85. The van der Waals surface area contributed by atoms with Gasteiger partial charge in [0.25, 0.3) is 0 Å². The SMILES string of the molecule is Cc1ccc(CN(C(=O)CN(c2cc(C)ccc2C)S(=O)(=O)N(C)C)[C@H](Cc2ccccc2)C(=O)NCC(C)C)cc1. The van der Waals surface area contributed by atoms with E-state index in [0.717, 1.165) is 36.4 Å². The van der Waals surface area contributed by atoms with E-state index in [0.29, 0.717) is 12.2 Å². The van der Waals surface area contributed by atoms with Crippen molar-refractivity contribution in [1.82, 2.24) is 14.5 Å². The van der Waals surface area contributed by atoms with Crippen LogP contribution in [0.4, 0.5) is 5.69 Å². The van der Waals surface area contributed by atoms with Gasteiger partial charge in [-0.2, -0.15) is 12.7 Å². The molecule has 0 heterocycles. The number of carbonyl (C=O) groups is 2. The molecule has 0 aliphatic rings. The lowest BCUT2D eigenvalue weighted by Gasteiger charge is -2.35. The highest BCUT2D eigenvalue weighted by Gasteiger charge is 2.35. The zero-order chi connectivity index (χ0) is 31.0. The number of hydrogen-bond donors (Lipinski definition) is 1. The van der Waals surface area contributed by atoms with Gasteiger partial charge in [-0.1, -0.05) is 86.1 Å². The average molecular weight is 593 g/mol. The van der Waals surface area contributed by atoms with Gasteiger partial charge in [-0.05, 0) is 55.0 Å². The fourth-order valence-electron chi connectivity index (χ4n) is 4.56. The second kappa shape index (κ2) is 14.5. The number of rotatable bonds is 13. The molecule has 3 aromatic rings. The average Bonchev–Trinajstić information content (AvgIpc) is 2.95. The predicted molar refractivity (Wildman–Crippen MR) is 169 cm³/mol. The van der Waals surface area contributed by atoms with Gasteiger partial charge >= 0.3 is 10.2 Å². The molecular formula is C33H44N4O4S. The molecule has 226 valence electrons. The van der Waals surface area contributed by atoms with Gasteiger partial charge in [-0.15, -0.1) is 0 Å². The first-order valence-corrected chi connectivity index (χ1v) is 15.6. The number of anilines is 1. The molecule has 3 rings (SSSR count). The van der Waals surface area contributed by atoms with Gasteiger partial charge in [0.05, 0.1) is 5.69 Å². The molecule has 0 spiro atoms. The summed E-state index contributed by atoms with van der Waals surface area (Å²) in [5.41, 5.74) is 4.84. The first-order valence-electron chi connectivity index (χ1n) is 14.2. The fourth-order valence-corrected chi connectivity index (χ4v) is 5.67. The zero-order valence-electron chi connectivity index (χ0n) is 25.8. The lowest BCUT2D eigenvalue weighted by Crippen LogP contribution is -2.54. The Bertz CT molecular complexity index is 1460. The van der Waals surface area contributed by atoms with Crippen molar-refractivity contribution in [1.29, 1.82) is 0 Å². The monoisotopic (exact) mass is 592 g/mol. The maximum absolute atomic E-state index is 14.4. The van der Waals surface area contributed by atoms with E-state index in [9.17, 15) is 18.0 Å². The molecule has 0 aliphatic carbocycles. The van der Waals surface area contributed by atoms with Crippen LogP contribution in [0.5, 0.6) is 0 Å². The van der Waals surface area contributed by atoms with E-state index < -0.39 is 28.7 Å². The summed E-state index contributed by atoms with van der Waals surface area (Å²) in [4.78, 5) is 29.6. The van der Waals surface area contributed by atoms with Crippen molar-refractivity contribution < 1.29 is 18.0 Å². The van der Waals surface area contributed by atoms with Crippen LogP contribution >= 0.6 is 0 Å². The van der Waals surface area contributed by atoms with E-state index in [1.165, 1.54) is 19.0 Å². The van der Waals surface area contributed by atoms with Gasteiger partial charge in [0.15, 0.2) is 0 Å². The van der Waals surface area contributed by atoms with Crippen LogP contribution in [-0.2, 0) is 32.8 Å². The van der Waals surface area contributed by atoms with E-state index in [-0.39, 0.29) is 24.8 Å². The van der Waals surface area contributed by atoms with Crippen LogP contribution in [0.15, 0.2) is 72.8 Å². The molecule has 2 amide bonds. The molecule has 0 aromatic heterocycles. The Kier molecular flexibility index (Phi) is 11.3. The van der Waals surface area contributed by atoms with Gasteiger partial charge < -0.3 is 10.2 Å². The van der Waals surface area contributed by atoms with Crippen LogP contribution in [0.3, 0.4) is 0 Å². The molecule has 0 unspecified atom stereocenters. The Balaban J connectivity index is 2.11. The van der Waals surface area contributed by atoms with E-state index in [4.69, 9.17) is 0 Å². The highest BCUT2D eigenvalue weighted by Crippen LogP contribution is 2.26. The topological polar surface area (TPSA) is 90.0 Å². The Morgan fingerprint density at radius 1 is 0.833 bits per heavy atom. The van der Waals surface area contributed by atoms with Crippen molar-refractivity contribution in [3.63, 3.8) is 0 Å². The number of aryl methyl sites for hydroxylation is 3. The summed E-state index contributed by atoms with van der Waals surface area (Å²) in [6.07, 6.45) is 0.284. The summed E-state index contributed by atoms with van der Waals surface area (Å²) in [7, 11) is -1.16. The number of amides is 2. The summed E-state index contributed by atoms with van der Waals surface area (Å²) in [6, 6.07) is 22.0. The second-order valence-electron chi connectivity index (χ2n) is 11.4. The number of carbonyl (C=O) groups excluding carboxylic acids is 2. The maximum atomic E-state index is 14.4. The van der Waals surface area contributed by atoms with Gasteiger partial charge in [-0.25, -0.2) is 4.31 Å². The molecule has 9 heteroatoms. The van der Waals surface area contributed by atoms with E-state index in [2.05, 4.69) is 5.32 Å². The summed E-state index contributed by atoms with van der Waals surface area (Å²) in [5, 5.41) is 3.01. The summed E-state index contributed by atoms with van der Waals surface area (Å²) >= 11 is 0. The first-order chi connectivity index (χ1) is 19.8. The third kappa shape index (κ3) is 8.66. The fraction of sp³-hybridized carbons (Fsp3) is 0.394.